The predicted molar refractivity (Wildman–Crippen MR) is 82.5 cm³/mol. The molecule has 0 fully saturated rings. The first-order chi connectivity index (χ1) is 10.1. The number of para-hydroxylation sites is 1. The number of carbonyl (C=O) groups is 1. The van der Waals surface area contributed by atoms with E-state index in [1.54, 1.807) is 0 Å². The van der Waals surface area contributed by atoms with Crippen molar-refractivity contribution in [1.82, 2.24) is 9.97 Å². The Morgan fingerprint density at radius 3 is 2.90 bits per heavy atom. The van der Waals surface area contributed by atoms with Gasteiger partial charge in [-0.1, -0.05) is 30.0 Å². The lowest BCUT2D eigenvalue weighted by atomic mass is 10.1. The molecule has 1 aliphatic rings. The van der Waals surface area contributed by atoms with Crippen LogP contribution in [0.25, 0.3) is 0 Å². The molecule has 1 unspecified atom stereocenters. The number of fused-ring (bicyclic) bond motifs is 1. The van der Waals surface area contributed by atoms with E-state index in [-0.39, 0.29) is 11.6 Å². The third kappa shape index (κ3) is 2.35. The standard InChI is InChI=1S/C15H15N3O2S/c1-9-7-10-5-3-4-6-12(10)18(9)13-11(14(19)20)8-16-15(17-13)21-2/h3-6,8-9H,7H2,1-2H3,(H,19,20). The lowest BCUT2D eigenvalue weighted by Gasteiger charge is -2.25. The fraction of sp³-hybridized carbons (Fsp3) is 0.267. The molecule has 0 radical (unpaired) electrons. The van der Waals surface area contributed by atoms with E-state index < -0.39 is 5.97 Å². The maximum Gasteiger partial charge on any atom is 0.341 e. The molecule has 21 heavy (non-hydrogen) atoms. The van der Waals surface area contributed by atoms with Crippen molar-refractivity contribution in [3.05, 3.63) is 41.6 Å². The Hall–Kier alpha value is -2.08. The smallest absolute Gasteiger partial charge is 0.341 e. The lowest BCUT2D eigenvalue weighted by molar-refractivity contribution is 0.0696. The van der Waals surface area contributed by atoms with Crippen LogP contribution in [0, 0.1) is 0 Å². The largest absolute Gasteiger partial charge is 0.477 e. The highest BCUT2D eigenvalue weighted by Gasteiger charge is 2.31. The highest BCUT2D eigenvalue weighted by Crippen LogP contribution is 2.38. The second-order valence-electron chi connectivity index (χ2n) is 4.95. The molecular formula is C15H15N3O2S. The summed E-state index contributed by atoms with van der Waals surface area (Å²) in [5, 5.41) is 9.99. The number of nitrogens with zero attached hydrogens (tertiary/aromatic N) is 3. The van der Waals surface area contributed by atoms with Crippen LogP contribution >= 0.6 is 11.8 Å². The topological polar surface area (TPSA) is 66.3 Å². The van der Waals surface area contributed by atoms with E-state index in [0.717, 1.165) is 12.1 Å². The lowest BCUT2D eigenvalue weighted by Crippen LogP contribution is -2.27. The van der Waals surface area contributed by atoms with Gasteiger partial charge in [0, 0.05) is 17.9 Å². The van der Waals surface area contributed by atoms with Gasteiger partial charge < -0.3 is 10.0 Å². The first kappa shape index (κ1) is 13.9. The normalized spacial score (nSPS) is 16.9. The van der Waals surface area contributed by atoms with E-state index in [4.69, 9.17) is 0 Å². The minimum Gasteiger partial charge on any atom is -0.477 e. The maximum atomic E-state index is 11.5. The molecule has 6 heteroatoms. The number of aromatic nitrogens is 2. The Bertz CT molecular complexity index is 705. The molecular weight excluding hydrogens is 286 g/mol. The van der Waals surface area contributed by atoms with Crippen molar-refractivity contribution in [3.8, 4) is 0 Å². The number of anilines is 2. The van der Waals surface area contributed by atoms with Crippen LogP contribution < -0.4 is 4.90 Å². The molecule has 1 aliphatic heterocycles. The number of hydrogen-bond acceptors (Lipinski definition) is 5. The van der Waals surface area contributed by atoms with Gasteiger partial charge in [-0.25, -0.2) is 14.8 Å². The number of thioether (sulfide) groups is 1. The Morgan fingerprint density at radius 1 is 1.43 bits per heavy atom. The van der Waals surface area contributed by atoms with Gasteiger partial charge in [0.2, 0.25) is 0 Å². The van der Waals surface area contributed by atoms with Gasteiger partial charge in [-0.2, -0.15) is 0 Å². The van der Waals surface area contributed by atoms with Crippen LogP contribution in [0.1, 0.15) is 22.8 Å². The number of carboxylic acid groups (broad SMARTS) is 1. The number of carboxylic acids is 1. The second-order valence-corrected chi connectivity index (χ2v) is 5.72. The maximum absolute atomic E-state index is 11.5. The van der Waals surface area contributed by atoms with Crippen LogP contribution in [-0.2, 0) is 6.42 Å². The monoisotopic (exact) mass is 301 g/mol. The summed E-state index contributed by atoms with van der Waals surface area (Å²) in [7, 11) is 0. The average Bonchev–Trinajstić information content (AvgIpc) is 2.82. The number of hydrogen-bond donors (Lipinski definition) is 1. The molecule has 0 aliphatic carbocycles. The zero-order valence-corrected chi connectivity index (χ0v) is 12.6. The van der Waals surface area contributed by atoms with E-state index in [9.17, 15) is 9.90 Å². The van der Waals surface area contributed by atoms with Crippen molar-refractivity contribution < 1.29 is 9.90 Å². The van der Waals surface area contributed by atoms with E-state index in [1.165, 1.54) is 23.5 Å². The van der Waals surface area contributed by atoms with Crippen molar-refractivity contribution >= 4 is 29.2 Å². The van der Waals surface area contributed by atoms with E-state index in [1.807, 2.05) is 29.4 Å². The molecule has 0 amide bonds. The van der Waals surface area contributed by atoms with Crippen LogP contribution in [0.15, 0.2) is 35.6 Å². The van der Waals surface area contributed by atoms with Crippen molar-refractivity contribution in [1.29, 1.82) is 0 Å². The first-order valence-corrected chi connectivity index (χ1v) is 7.85. The third-order valence-corrected chi connectivity index (χ3v) is 4.16. The fourth-order valence-corrected chi connectivity index (χ4v) is 3.01. The van der Waals surface area contributed by atoms with Gasteiger partial charge in [-0.05, 0) is 31.2 Å². The van der Waals surface area contributed by atoms with Crippen molar-refractivity contribution in [2.24, 2.45) is 0 Å². The number of rotatable bonds is 3. The first-order valence-electron chi connectivity index (χ1n) is 6.63. The Labute approximate surface area is 127 Å². The zero-order chi connectivity index (χ0) is 15.0. The Balaban J connectivity index is 2.17. The molecule has 108 valence electrons. The SMILES string of the molecule is CSc1ncc(C(=O)O)c(N2c3ccccc3CC2C)n1. The summed E-state index contributed by atoms with van der Waals surface area (Å²) in [5.74, 6) is -0.534. The molecule has 1 atom stereocenters. The van der Waals surface area contributed by atoms with Gasteiger partial charge in [0.15, 0.2) is 11.0 Å². The van der Waals surface area contributed by atoms with Gasteiger partial charge in [-0.15, -0.1) is 0 Å². The summed E-state index contributed by atoms with van der Waals surface area (Å²) < 4.78 is 0. The van der Waals surface area contributed by atoms with Gasteiger partial charge >= 0.3 is 5.97 Å². The van der Waals surface area contributed by atoms with E-state index in [2.05, 4.69) is 23.0 Å². The molecule has 0 saturated carbocycles. The quantitative estimate of drug-likeness (QED) is 0.694. The van der Waals surface area contributed by atoms with Crippen LogP contribution in [0.2, 0.25) is 0 Å². The number of benzene rings is 1. The molecule has 0 bridgehead atoms. The van der Waals surface area contributed by atoms with Crippen molar-refractivity contribution in [2.45, 2.75) is 24.5 Å². The van der Waals surface area contributed by atoms with Gasteiger partial charge in [0.25, 0.3) is 0 Å². The minimum atomic E-state index is -1.01. The van der Waals surface area contributed by atoms with Crippen LogP contribution in [0.5, 0.6) is 0 Å². The Morgan fingerprint density at radius 2 is 2.19 bits per heavy atom. The summed E-state index contributed by atoms with van der Waals surface area (Å²) in [6.07, 6.45) is 4.15. The summed E-state index contributed by atoms with van der Waals surface area (Å²) in [5.41, 5.74) is 2.38. The fourth-order valence-electron chi connectivity index (χ4n) is 2.68. The van der Waals surface area contributed by atoms with Crippen molar-refractivity contribution in [3.63, 3.8) is 0 Å². The van der Waals surface area contributed by atoms with Gasteiger partial charge in [-0.3, -0.25) is 0 Å². The second kappa shape index (κ2) is 5.37. The highest BCUT2D eigenvalue weighted by molar-refractivity contribution is 7.98. The summed E-state index contributed by atoms with van der Waals surface area (Å²) >= 11 is 1.40. The van der Waals surface area contributed by atoms with Crippen LogP contribution in [0.4, 0.5) is 11.5 Å². The van der Waals surface area contributed by atoms with Crippen LogP contribution in [0.3, 0.4) is 0 Å². The molecule has 1 N–H and O–H groups in total. The third-order valence-electron chi connectivity index (χ3n) is 3.59. The highest BCUT2D eigenvalue weighted by atomic mass is 32.2. The van der Waals surface area contributed by atoms with Gasteiger partial charge in [0.05, 0.1) is 0 Å². The Kier molecular flexibility index (Phi) is 3.55. The van der Waals surface area contributed by atoms with E-state index in [0.29, 0.717) is 11.0 Å². The molecule has 5 nitrogen and oxygen atoms in total. The van der Waals surface area contributed by atoms with Crippen LogP contribution in [-0.4, -0.2) is 33.3 Å². The average molecular weight is 301 g/mol. The molecule has 0 spiro atoms. The number of aromatic carboxylic acids is 1. The minimum absolute atomic E-state index is 0.136. The molecule has 2 aromatic rings. The van der Waals surface area contributed by atoms with Gasteiger partial charge in [0.1, 0.15) is 5.56 Å². The summed E-state index contributed by atoms with van der Waals surface area (Å²) in [4.78, 5) is 22.0. The molecule has 2 heterocycles. The summed E-state index contributed by atoms with van der Waals surface area (Å²) in [6, 6.07) is 8.21. The summed E-state index contributed by atoms with van der Waals surface area (Å²) in [6.45, 7) is 2.08. The molecule has 1 aromatic heterocycles. The predicted octanol–water partition coefficient (Wildman–Crippen LogP) is 2.98. The molecule has 1 aromatic carbocycles. The van der Waals surface area contributed by atoms with Crippen molar-refractivity contribution in [2.75, 3.05) is 11.2 Å². The zero-order valence-electron chi connectivity index (χ0n) is 11.8. The molecule has 3 rings (SSSR count). The molecule has 0 saturated heterocycles. The van der Waals surface area contributed by atoms with E-state index >= 15 is 0 Å².